The number of aromatic amines is 1. The van der Waals surface area contributed by atoms with Crippen molar-refractivity contribution in [2.45, 2.75) is 19.1 Å². The molecule has 0 saturated heterocycles. The van der Waals surface area contributed by atoms with Gasteiger partial charge in [-0.25, -0.2) is 14.2 Å². The predicted octanol–water partition coefficient (Wildman–Crippen LogP) is 1.76. The number of carbonyl (C=O) groups excluding carboxylic acids is 1. The highest BCUT2D eigenvalue weighted by Crippen LogP contribution is 2.21. The fraction of sp³-hybridized carbons (Fsp3) is 0.190. The Bertz CT molecular complexity index is 1140. The topological polar surface area (TPSA) is 136 Å². The Balaban J connectivity index is 1.79. The molecule has 3 rings (SSSR count). The Kier molecular flexibility index (Phi) is 6.33. The molecule has 31 heavy (non-hydrogen) atoms. The lowest BCUT2D eigenvalue weighted by molar-refractivity contribution is -0.159. The van der Waals surface area contributed by atoms with Crippen LogP contribution in [0, 0.1) is 5.82 Å². The van der Waals surface area contributed by atoms with E-state index in [-0.39, 0.29) is 18.1 Å². The normalized spacial score (nSPS) is 13.0. The molecule has 0 radical (unpaired) electrons. The average Bonchev–Trinajstić information content (AvgIpc) is 3.14. The zero-order chi connectivity index (χ0) is 22.6. The first kappa shape index (κ1) is 21.9. The number of carbonyl (C=O) groups is 2. The van der Waals surface area contributed by atoms with Gasteiger partial charge in [-0.2, -0.15) is 5.16 Å². The highest BCUT2D eigenvalue weighted by Gasteiger charge is 2.33. The number of H-pyrrole nitrogens is 1. The summed E-state index contributed by atoms with van der Waals surface area (Å²) in [6.07, 6.45) is 0. The molecule has 1 aromatic heterocycles. The SMILES string of the molecule is C[C@@](O)(CN(Cc1ccc(-c2cccc(F)c2)cc1)NC(=O)c1cc(=O)[nH]o1)C(=O)O. The largest absolute Gasteiger partial charge is 0.479 e. The van der Waals surface area contributed by atoms with Gasteiger partial charge < -0.3 is 14.7 Å². The summed E-state index contributed by atoms with van der Waals surface area (Å²) < 4.78 is 18.2. The second kappa shape index (κ2) is 8.94. The number of hydrazine groups is 1. The number of aliphatic carboxylic acids is 1. The number of aliphatic hydroxyl groups is 1. The maximum absolute atomic E-state index is 13.4. The summed E-state index contributed by atoms with van der Waals surface area (Å²) in [7, 11) is 0. The van der Waals surface area contributed by atoms with Gasteiger partial charge in [0.1, 0.15) is 5.82 Å². The number of hydrogen-bond donors (Lipinski definition) is 4. The first-order valence-corrected chi connectivity index (χ1v) is 9.19. The van der Waals surface area contributed by atoms with E-state index in [2.05, 4.69) is 5.43 Å². The van der Waals surface area contributed by atoms with Crippen LogP contribution in [0.3, 0.4) is 0 Å². The van der Waals surface area contributed by atoms with Crippen molar-refractivity contribution < 1.29 is 28.7 Å². The van der Waals surface area contributed by atoms with Crippen LogP contribution in [-0.4, -0.2) is 44.4 Å². The van der Waals surface area contributed by atoms with E-state index in [9.17, 15) is 29.0 Å². The summed E-state index contributed by atoms with van der Waals surface area (Å²) in [6.45, 7) is 0.680. The van der Waals surface area contributed by atoms with E-state index < -0.39 is 29.6 Å². The summed E-state index contributed by atoms with van der Waals surface area (Å²) in [6, 6.07) is 14.0. The number of halogens is 1. The Morgan fingerprint density at radius 3 is 2.45 bits per heavy atom. The molecular formula is C21H20FN3O6. The van der Waals surface area contributed by atoms with Crippen LogP contribution in [0.1, 0.15) is 23.0 Å². The minimum absolute atomic E-state index is 0.0350. The number of carboxylic acids is 1. The third kappa shape index (κ3) is 5.65. The van der Waals surface area contributed by atoms with Crippen LogP contribution in [-0.2, 0) is 11.3 Å². The van der Waals surface area contributed by atoms with Crippen LogP contribution in [0.25, 0.3) is 11.1 Å². The van der Waals surface area contributed by atoms with E-state index in [4.69, 9.17) is 4.52 Å². The van der Waals surface area contributed by atoms with E-state index in [1.807, 2.05) is 5.16 Å². The van der Waals surface area contributed by atoms with Crippen molar-refractivity contribution in [1.82, 2.24) is 15.6 Å². The van der Waals surface area contributed by atoms with Crippen LogP contribution in [0.4, 0.5) is 4.39 Å². The third-order valence-corrected chi connectivity index (χ3v) is 4.45. The summed E-state index contributed by atoms with van der Waals surface area (Å²) in [5.41, 5.74) is 1.80. The quantitative estimate of drug-likeness (QED) is 0.401. The van der Waals surface area contributed by atoms with Gasteiger partial charge in [-0.15, -0.1) is 0 Å². The molecular weight excluding hydrogens is 409 g/mol. The Morgan fingerprint density at radius 1 is 1.16 bits per heavy atom. The first-order chi connectivity index (χ1) is 14.6. The summed E-state index contributed by atoms with van der Waals surface area (Å²) >= 11 is 0. The van der Waals surface area contributed by atoms with Crippen LogP contribution in [0.2, 0.25) is 0 Å². The number of benzene rings is 2. The van der Waals surface area contributed by atoms with Gasteiger partial charge in [0, 0.05) is 6.54 Å². The molecule has 0 aliphatic carbocycles. The zero-order valence-electron chi connectivity index (χ0n) is 16.5. The van der Waals surface area contributed by atoms with Gasteiger partial charge in [0.25, 0.3) is 5.56 Å². The average molecular weight is 429 g/mol. The molecule has 0 unspecified atom stereocenters. The minimum atomic E-state index is -2.16. The molecule has 10 heteroatoms. The first-order valence-electron chi connectivity index (χ1n) is 9.19. The number of carboxylic acid groups (broad SMARTS) is 1. The van der Waals surface area contributed by atoms with E-state index in [0.29, 0.717) is 11.1 Å². The Morgan fingerprint density at radius 2 is 1.87 bits per heavy atom. The molecule has 0 saturated carbocycles. The highest BCUT2D eigenvalue weighted by molar-refractivity contribution is 5.90. The fourth-order valence-corrected chi connectivity index (χ4v) is 2.86. The molecule has 3 aromatic rings. The van der Waals surface area contributed by atoms with E-state index in [1.165, 1.54) is 17.1 Å². The van der Waals surface area contributed by atoms with Gasteiger partial charge in [-0.3, -0.25) is 15.0 Å². The van der Waals surface area contributed by atoms with Crippen molar-refractivity contribution in [1.29, 1.82) is 0 Å². The van der Waals surface area contributed by atoms with Crippen molar-refractivity contribution >= 4 is 11.9 Å². The number of aromatic nitrogens is 1. The van der Waals surface area contributed by atoms with Crippen LogP contribution in [0.15, 0.2) is 63.9 Å². The molecule has 162 valence electrons. The summed E-state index contributed by atoms with van der Waals surface area (Å²) in [5.74, 6) is -2.92. The molecule has 4 N–H and O–H groups in total. The van der Waals surface area contributed by atoms with Crippen molar-refractivity contribution in [3.63, 3.8) is 0 Å². The van der Waals surface area contributed by atoms with Gasteiger partial charge in [-0.05, 0) is 35.7 Å². The molecule has 0 fully saturated rings. The van der Waals surface area contributed by atoms with Crippen LogP contribution < -0.4 is 11.0 Å². The highest BCUT2D eigenvalue weighted by atomic mass is 19.1. The lowest BCUT2D eigenvalue weighted by Gasteiger charge is -2.28. The van der Waals surface area contributed by atoms with E-state index in [1.54, 1.807) is 36.4 Å². The number of rotatable bonds is 8. The van der Waals surface area contributed by atoms with E-state index in [0.717, 1.165) is 18.6 Å². The standard InChI is InChI=1S/C21H20FN3O6/c1-21(30,20(28)29)12-25(23-19(27)17-10-18(26)24-31-17)11-13-5-7-14(8-6-13)15-3-2-4-16(22)9-15/h2-10,30H,11-12H2,1H3,(H,23,27)(H,24,26)(H,28,29)/t21-/m1/s1. The second-order valence-electron chi connectivity index (χ2n) is 7.16. The molecule has 2 aromatic carbocycles. The smallest absolute Gasteiger partial charge is 0.336 e. The van der Waals surface area contributed by atoms with Crippen molar-refractivity contribution in [3.8, 4) is 11.1 Å². The molecule has 0 aliphatic rings. The maximum atomic E-state index is 13.4. The fourth-order valence-electron chi connectivity index (χ4n) is 2.86. The molecule has 1 amide bonds. The lowest BCUT2D eigenvalue weighted by atomic mass is 10.0. The zero-order valence-corrected chi connectivity index (χ0v) is 16.5. The molecule has 0 bridgehead atoms. The van der Waals surface area contributed by atoms with Crippen LogP contribution >= 0.6 is 0 Å². The van der Waals surface area contributed by atoms with Gasteiger partial charge in [0.2, 0.25) is 5.76 Å². The van der Waals surface area contributed by atoms with Gasteiger partial charge in [0.15, 0.2) is 5.60 Å². The molecule has 0 aliphatic heterocycles. The number of nitrogens with zero attached hydrogens (tertiary/aromatic N) is 1. The Hall–Kier alpha value is -3.76. The second-order valence-corrected chi connectivity index (χ2v) is 7.16. The number of amides is 1. The summed E-state index contributed by atoms with van der Waals surface area (Å²) in [5, 5.41) is 22.5. The van der Waals surface area contributed by atoms with E-state index >= 15 is 0 Å². The monoisotopic (exact) mass is 429 g/mol. The Labute approximate surface area is 175 Å². The summed E-state index contributed by atoms with van der Waals surface area (Å²) in [4.78, 5) is 34.8. The molecule has 9 nitrogen and oxygen atoms in total. The predicted molar refractivity (Wildman–Crippen MR) is 107 cm³/mol. The number of nitrogens with one attached hydrogen (secondary N) is 2. The molecule has 0 spiro atoms. The minimum Gasteiger partial charge on any atom is -0.479 e. The molecule has 1 heterocycles. The third-order valence-electron chi connectivity index (χ3n) is 4.45. The lowest BCUT2D eigenvalue weighted by Crippen LogP contribution is -2.52. The van der Waals surface area contributed by atoms with Gasteiger partial charge in [0.05, 0.1) is 12.6 Å². The van der Waals surface area contributed by atoms with Crippen molar-refractivity contribution in [2.24, 2.45) is 0 Å². The van der Waals surface area contributed by atoms with Crippen molar-refractivity contribution in [2.75, 3.05) is 6.54 Å². The van der Waals surface area contributed by atoms with Gasteiger partial charge in [-0.1, -0.05) is 36.4 Å². The maximum Gasteiger partial charge on any atom is 0.336 e. The van der Waals surface area contributed by atoms with Crippen LogP contribution in [0.5, 0.6) is 0 Å². The number of hydrogen-bond acceptors (Lipinski definition) is 6. The van der Waals surface area contributed by atoms with Gasteiger partial charge >= 0.3 is 11.9 Å². The molecule has 1 atom stereocenters. The van der Waals surface area contributed by atoms with Crippen molar-refractivity contribution in [3.05, 3.63) is 82.1 Å².